The van der Waals surface area contributed by atoms with Crippen LogP contribution in [0.5, 0.6) is 5.75 Å². The molecule has 0 aliphatic carbocycles. The fourth-order valence-corrected chi connectivity index (χ4v) is 3.34. The van der Waals surface area contributed by atoms with Crippen LogP contribution in [0.4, 0.5) is 0 Å². The number of ether oxygens (including phenoxy) is 2. The maximum Gasteiger partial charge on any atom is 0.236 e. The molecule has 1 atom stereocenters. The van der Waals surface area contributed by atoms with E-state index in [1.165, 1.54) is 11.8 Å². The molecule has 0 radical (unpaired) electrons. The number of aromatic nitrogens is 4. The summed E-state index contributed by atoms with van der Waals surface area (Å²) in [5.74, 6) is 0.733. The molecule has 1 aromatic heterocycles. The second-order valence-corrected chi connectivity index (χ2v) is 6.55. The zero-order valence-electron chi connectivity index (χ0n) is 13.6. The van der Waals surface area contributed by atoms with Gasteiger partial charge in [0.2, 0.25) is 11.1 Å². The van der Waals surface area contributed by atoms with E-state index >= 15 is 0 Å². The van der Waals surface area contributed by atoms with Crippen LogP contribution in [0.15, 0.2) is 29.4 Å². The number of para-hydroxylation sites is 2. The van der Waals surface area contributed by atoms with Crippen LogP contribution in [0.25, 0.3) is 5.69 Å². The topological polar surface area (TPSA) is 82.4 Å². The first-order chi connectivity index (χ1) is 11.7. The fourth-order valence-electron chi connectivity index (χ4n) is 2.46. The van der Waals surface area contributed by atoms with Crippen molar-refractivity contribution in [3.63, 3.8) is 0 Å². The first-order valence-corrected chi connectivity index (χ1v) is 8.53. The van der Waals surface area contributed by atoms with Crippen molar-refractivity contribution in [3.05, 3.63) is 24.3 Å². The van der Waals surface area contributed by atoms with Gasteiger partial charge >= 0.3 is 0 Å². The van der Waals surface area contributed by atoms with Crippen LogP contribution in [0.1, 0.15) is 6.92 Å². The minimum absolute atomic E-state index is 0.0675. The molecule has 2 aromatic rings. The van der Waals surface area contributed by atoms with E-state index in [-0.39, 0.29) is 11.2 Å². The molecule has 0 N–H and O–H groups in total. The van der Waals surface area contributed by atoms with E-state index in [0.29, 0.717) is 37.2 Å². The van der Waals surface area contributed by atoms with E-state index in [1.54, 1.807) is 11.8 Å². The number of carbonyl (C=O) groups excluding carboxylic acids is 1. The van der Waals surface area contributed by atoms with Crippen molar-refractivity contribution in [1.82, 2.24) is 25.1 Å². The Balaban J connectivity index is 1.76. The number of rotatable bonds is 5. The molecule has 128 valence electrons. The highest BCUT2D eigenvalue weighted by atomic mass is 32.2. The highest BCUT2D eigenvalue weighted by Crippen LogP contribution is 2.28. The lowest BCUT2D eigenvalue weighted by Gasteiger charge is -2.28. The standard InChI is InChI=1S/C15H19N5O3S/c1-11(14(21)19-7-9-23-10-8-19)24-15-16-17-18-20(15)12-5-3-4-6-13(12)22-2/h3-6,11H,7-10H2,1-2H3. The molecule has 3 rings (SSSR count). The van der Waals surface area contributed by atoms with Gasteiger partial charge in [0.05, 0.1) is 25.6 Å². The molecule has 0 saturated carbocycles. The van der Waals surface area contributed by atoms with Gasteiger partial charge in [0, 0.05) is 13.1 Å². The van der Waals surface area contributed by atoms with Crippen LogP contribution in [-0.4, -0.2) is 69.7 Å². The van der Waals surface area contributed by atoms with E-state index in [1.807, 2.05) is 36.1 Å². The van der Waals surface area contributed by atoms with E-state index < -0.39 is 0 Å². The van der Waals surface area contributed by atoms with E-state index in [0.717, 1.165) is 5.69 Å². The summed E-state index contributed by atoms with van der Waals surface area (Å²) in [4.78, 5) is 14.4. The zero-order valence-corrected chi connectivity index (χ0v) is 14.4. The largest absolute Gasteiger partial charge is 0.494 e. The van der Waals surface area contributed by atoms with Gasteiger partial charge in [-0.3, -0.25) is 4.79 Å². The summed E-state index contributed by atoms with van der Waals surface area (Å²) >= 11 is 1.33. The second-order valence-electron chi connectivity index (χ2n) is 5.24. The summed E-state index contributed by atoms with van der Waals surface area (Å²) in [5.41, 5.74) is 0.735. The summed E-state index contributed by atoms with van der Waals surface area (Å²) in [5, 5.41) is 12.1. The molecule has 1 aromatic carbocycles. The maximum absolute atomic E-state index is 12.5. The number of tetrazole rings is 1. The summed E-state index contributed by atoms with van der Waals surface area (Å²) in [7, 11) is 1.60. The van der Waals surface area contributed by atoms with Crippen LogP contribution in [0.2, 0.25) is 0 Å². The zero-order chi connectivity index (χ0) is 16.9. The van der Waals surface area contributed by atoms with Crippen molar-refractivity contribution in [2.75, 3.05) is 33.4 Å². The predicted octanol–water partition coefficient (Wildman–Crippen LogP) is 1.01. The molecular weight excluding hydrogens is 330 g/mol. The highest BCUT2D eigenvalue weighted by Gasteiger charge is 2.25. The van der Waals surface area contributed by atoms with Crippen molar-refractivity contribution >= 4 is 17.7 Å². The second kappa shape index (κ2) is 7.63. The lowest BCUT2D eigenvalue weighted by molar-refractivity contribution is -0.134. The van der Waals surface area contributed by atoms with Gasteiger partial charge in [0.25, 0.3) is 0 Å². The van der Waals surface area contributed by atoms with Gasteiger partial charge in [-0.05, 0) is 29.5 Å². The summed E-state index contributed by atoms with van der Waals surface area (Å²) in [6.07, 6.45) is 0. The van der Waals surface area contributed by atoms with Crippen LogP contribution in [-0.2, 0) is 9.53 Å². The average Bonchev–Trinajstić information content (AvgIpc) is 3.09. The monoisotopic (exact) mass is 349 g/mol. The Morgan fingerprint density at radius 3 is 2.83 bits per heavy atom. The van der Waals surface area contributed by atoms with Crippen molar-refractivity contribution in [2.45, 2.75) is 17.3 Å². The molecule has 1 unspecified atom stereocenters. The summed E-state index contributed by atoms with van der Waals surface area (Å²) in [6.45, 7) is 4.29. The Bertz CT molecular complexity index is 702. The Labute approximate surface area is 144 Å². The third kappa shape index (κ3) is 3.51. The lowest BCUT2D eigenvalue weighted by atomic mass is 10.3. The molecule has 1 amide bonds. The molecule has 8 nitrogen and oxygen atoms in total. The Morgan fingerprint density at radius 2 is 2.08 bits per heavy atom. The predicted molar refractivity (Wildman–Crippen MR) is 88.4 cm³/mol. The number of hydrogen-bond acceptors (Lipinski definition) is 7. The van der Waals surface area contributed by atoms with Crippen molar-refractivity contribution in [3.8, 4) is 11.4 Å². The minimum atomic E-state index is -0.289. The van der Waals surface area contributed by atoms with Gasteiger partial charge < -0.3 is 14.4 Å². The molecule has 9 heteroatoms. The molecule has 24 heavy (non-hydrogen) atoms. The molecule has 2 heterocycles. The Morgan fingerprint density at radius 1 is 1.33 bits per heavy atom. The molecule has 0 bridgehead atoms. The number of methoxy groups -OCH3 is 1. The molecule has 1 fully saturated rings. The Kier molecular flexibility index (Phi) is 5.31. The summed E-state index contributed by atoms with van der Waals surface area (Å²) < 4.78 is 12.2. The molecular formula is C15H19N5O3S. The van der Waals surface area contributed by atoms with Gasteiger partial charge in [-0.25, -0.2) is 0 Å². The van der Waals surface area contributed by atoms with Gasteiger partial charge in [-0.2, -0.15) is 4.68 Å². The number of morpholine rings is 1. The van der Waals surface area contributed by atoms with Crippen LogP contribution in [0.3, 0.4) is 0 Å². The van der Waals surface area contributed by atoms with E-state index in [4.69, 9.17) is 9.47 Å². The fraction of sp³-hybridized carbons (Fsp3) is 0.467. The number of carbonyl (C=O) groups is 1. The van der Waals surface area contributed by atoms with Gasteiger partial charge in [0.1, 0.15) is 11.4 Å². The quantitative estimate of drug-likeness (QED) is 0.745. The van der Waals surface area contributed by atoms with E-state index in [2.05, 4.69) is 15.5 Å². The first kappa shape index (κ1) is 16.7. The third-order valence-corrected chi connectivity index (χ3v) is 4.73. The van der Waals surface area contributed by atoms with E-state index in [9.17, 15) is 4.79 Å². The molecule has 1 aliphatic heterocycles. The minimum Gasteiger partial charge on any atom is -0.494 e. The number of nitrogens with zero attached hydrogens (tertiary/aromatic N) is 5. The summed E-state index contributed by atoms with van der Waals surface area (Å²) in [6, 6.07) is 7.47. The third-order valence-electron chi connectivity index (χ3n) is 3.71. The molecule has 0 spiro atoms. The maximum atomic E-state index is 12.5. The van der Waals surface area contributed by atoms with Crippen LogP contribution < -0.4 is 4.74 Å². The number of benzene rings is 1. The van der Waals surface area contributed by atoms with Crippen molar-refractivity contribution in [1.29, 1.82) is 0 Å². The lowest BCUT2D eigenvalue weighted by Crippen LogP contribution is -2.44. The average molecular weight is 349 g/mol. The number of amides is 1. The highest BCUT2D eigenvalue weighted by molar-refractivity contribution is 8.00. The molecule has 1 saturated heterocycles. The van der Waals surface area contributed by atoms with Crippen LogP contribution in [0, 0.1) is 0 Å². The first-order valence-electron chi connectivity index (χ1n) is 7.65. The smallest absolute Gasteiger partial charge is 0.236 e. The SMILES string of the molecule is COc1ccccc1-n1nnnc1SC(C)C(=O)N1CCOCC1. The van der Waals surface area contributed by atoms with Crippen LogP contribution >= 0.6 is 11.8 Å². The van der Waals surface area contributed by atoms with Gasteiger partial charge in [0.15, 0.2) is 0 Å². The van der Waals surface area contributed by atoms with Gasteiger partial charge in [-0.15, -0.1) is 5.10 Å². The van der Waals surface area contributed by atoms with Gasteiger partial charge in [-0.1, -0.05) is 23.9 Å². The van der Waals surface area contributed by atoms with Crippen molar-refractivity contribution < 1.29 is 14.3 Å². The normalized spacial score (nSPS) is 16.0. The Hall–Kier alpha value is -2.13. The number of hydrogen-bond donors (Lipinski definition) is 0. The number of thioether (sulfide) groups is 1. The van der Waals surface area contributed by atoms with Crippen molar-refractivity contribution in [2.24, 2.45) is 0 Å². The molecule has 1 aliphatic rings.